The molecule has 0 amide bonds. The predicted octanol–water partition coefficient (Wildman–Crippen LogP) is 1.62. The Kier molecular flexibility index (Phi) is 3.06. The Morgan fingerprint density at radius 2 is 2.33 bits per heavy atom. The second-order valence-electron chi connectivity index (χ2n) is 3.11. The number of esters is 1. The van der Waals surface area contributed by atoms with Crippen molar-refractivity contribution in [2.24, 2.45) is 0 Å². The first kappa shape index (κ1) is 10.3. The highest BCUT2D eigenvalue weighted by Crippen LogP contribution is 2.41. The molecule has 1 saturated heterocycles. The molecule has 3 nitrogen and oxygen atoms in total. The van der Waals surface area contributed by atoms with Crippen LogP contribution in [0.25, 0.3) is 0 Å². The van der Waals surface area contributed by atoms with Crippen molar-refractivity contribution in [1.29, 1.82) is 0 Å². The summed E-state index contributed by atoms with van der Waals surface area (Å²) in [7, 11) is 1.42. The fourth-order valence-electron chi connectivity index (χ4n) is 1.08. The van der Waals surface area contributed by atoms with Crippen molar-refractivity contribution in [3.63, 3.8) is 0 Å². The predicted molar refractivity (Wildman–Crippen MR) is 53.1 cm³/mol. The zero-order chi connectivity index (χ0) is 9.35. The van der Waals surface area contributed by atoms with Crippen molar-refractivity contribution < 1.29 is 9.53 Å². The number of rotatable bonds is 1. The van der Waals surface area contributed by atoms with E-state index in [2.05, 4.69) is 34.7 Å². The van der Waals surface area contributed by atoms with Crippen molar-refractivity contribution in [2.45, 2.75) is 24.8 Å². The Hall–Kier alpha value is 0.260. The third-order valence-electron chi connectivity index (χ3n) is 1.86. The highest BCUT2D eigenvalue weighted by atomic mass is 79.9. The number of carbonyl (C=O) groups excluding carboxylic acids is 1. The number of hydrogen-bond acceptors (Lipinski definition) is 4. The number of hydrogen-bond donors (Lipinski definition) is 0. The molecule has 12 heavy (non-hydrogen) atoms. The van der Waals surface area contributed by atoms with Gasteiger partial charge in [0.2, 0.25) is 0 Å². The number of halogens is 1. The van der Waals surface area contributed by atoms with Crippen LogP contribution in [-0.4, -0.2) is 33.7 Å². The molecule has 0 aromatic carbocycles. The third-order valence-corrected chi connectivity index (χ3v) is 4.86. The Labute approximate surface area is 85.2 Å². The molecule has 1 heterocycles. The first-order chi connectivity index (χ1) is 5.49. The molecule has 0 saturated carbocycles. The molecule has 0 N–H and O–H groups in total. The van der Waals surface area contributed by atoms with Crippen LogP contribution in [-0.2, 0) is 9.53 Å². The van der Waals surface area contributed by atoms with Gasteiger partial charge in [-0.05, 0) is 13.8 Å². The second-order valence-corrected chi connectivity index (χ2v) is 5.49. The lowest BCUT2D eigenvalue weighted by atomic mass is 10.3. The molecule has 0 spiro atoms. The number of methoxy groups -OCH3 is 1. The summed E-state index contributed by atoms with van der Waals surface area (Å²) in [5.74, 6) is 0.607. The van der Waals surface area contributed by atoms with Gasteiger partial charge in [0.05, 0.1) is 12.0 Å². The van der Waals surface area contributed by atoms with Gasteiger partial charge in [0.15, 0.2) is 0 Å². The van der Waals surface area contributed by atoms with Crippen molar-refractivity contribution in [3.8, 4) is 0 Å². The molecule has 1 aliphatic heterocycles. The van der Waals surface area contributed by atoms with Crippen LogP contribution in [0.2, 0.25) is 0 Å². The summed E-state index contributed by atoms with van der Waals surface area (Å²) in [6.45, 7) is 4.13. The minimum Gasteiger partial charge on any atom is -0.468 e. The van der Waals surface area contributed by atoms with Gasteiger partial charge >= 0.3 is 5.97 Å². The molecular formula is C7H12BrNO2S. The van der Waals surface area contributed by atoms with Gasteiger partial charge in [0.25, 0.3) is 0 Å². The number of ether oxygens (including phenoxy) is 1. The first-order valence-electron chi connectivity index (χ1n) is 3.66. The monoisotopic (exact) mass is 253 g/mol. The fraction of sp³-hybridized carbons (Fsp3) is 0.857. The van der Waals surface area contributed by atoms with E-state index in [0.717, 1.165) is 5.75 Å². The SMILES string of the molecule is COC(=O)C1CSC(C)(C)N1Br. The minimum absolute atomic E-state index is 0.0289. The van der Waals surface area contributed by atoms with E-state index in [1.165, 1.54) is 7.11 Å². The van der Waals surface area contributed by atoms with Gasteiger partial charge in [-0.3, -0.25) is 4.79 Å². The van der Waals surface area contributed by atoms with E-state index in [-0.39, 0.29) is 16.9 Å². The average molecular weight is 254 g/mol. The molecular weight excluding hydrogens is 242 g/mol. The molecule has 0 bridgehead atoms. The van der Waals surface area contributed by atoms with Gasteiger partial charge in [-0.15, -0.1) is 11.8 Å². The van der Waals surface area contributed by atoms with Crippen molar-refractivity contribution in [1.82, 2.24) is 3.93 Å². The topological polar surface area (TPSA) is 29.5 Å². The lowest BCUT2D eigenvalue weighted by Gasteiger charge is -2.26. The maximum absolute atomic E-state index is 11.2. The number of carbonyl (C=O) groups is 1. The first-order valence-corrected chi connectivity index (χ1v) is 5.35. The molecule has 0 radical (unpaired) electrons. The Morgan fingerprint density at radius 3 is 2.67 bits per heavy atom. The van der Waals surface area contributed by atoms with Gasteiger partial charge < -0.3 is 4.74 Å². The highest BCUT2D eigenvalue weighted by molar-refractivity contribution is 9.07. The summed E-state index contributed by atoms with van der Waals surface area (Å²) in [4.78, 5) is 11.2. The molecule has 1 atom stereocenters. The largest absolute Gasteiger partial charge is 0.468 e. The Balaban J connectivity index is 2.67. The summed E-state index contributed by atoms with van der Waals surface area (Å²) < 4.78 is 6.55. The van der Waals surface area contributed by atoms with Gasteiger partial charge in [0.1, 0.15) is 6.04 Å². The quantitative estimate of drug-likeness (QED) is 0.525. The lowest BCUT2D eigenvalue weighted by Crippen LogP contribution is -2.39. The van der Waals surface area contributed by atoms with E-state index in [0.29, 0.717) is 0 Å². The summed E-state index contributed by atoms with van der Waals surface area (Å²) in [5.41, 5.74) is 0. The minimum atomic E-state index is -0.176. The molecule has 1 aliphatic rings. The smallest absolute Gasteiger partial charge is 0.324 e. The van der Waals surface area contributed by atoms with E-state index in [1.54, 1.807) is 11.8 Å². The molecule has 1 rings (SSSR count). The van der Waals surface area contributed by atoms with Crippen LogP contribution in [0.15, 0.2) is 0 Å². The maximum atomic E-state index is 11.2. The molecule has 1 unspecified atom stereocenters. The number of nitrogens with zero attached hydrogens (tertiary/aromatic N) is 1. The zero-order valence-corrected chi connectivity index (χ0v) is 9.74. The van der Waals surface area contributed by atoms with Crippen LogP contribution in [0.4, 0.5) is 0 Å². The fourth-order valence-corrected chi connectivity index (χ4v) is 2.99. The van der Waals surface area contributed by atoms with Gasteiger partial charge in [-0.25, -0.2) is 3.93 Å². The molecule has 70 valence electrons. The van der Waals surface area contributed by atoms with E-state index < -0.39 is 0 Å². The van der Waals surface area contributed by atoms with E-state index in [1.807, 2.05) is 3.93 Å². The molecule has 0 aromatic heterocycles. The van der Waals surface area contributed by atoms with Gasteiger partial charge in [-0.2, -0.15) is 0 Å². The Bertz CT molecular complexity index is 198. The summed E-state index contributed by atoms with van der Waals surface area (Å²) in [6.07, 6.45) is 0. The van der Waals surface area contributed by atoms with E-state index >= 15 is 0 Å². The van der Waals surface area contributed by atoms with Crippen LogP contribution < -0.4 is 0 Å². The molecule has 1 fully saturated rings. The Morgan fingerprint density at radius 1 is 1.75 bits per heavy atom. The van der Waals surface area contributed by atoms with Gasteiger partial charge in [0, 0.05) is 21.9 Å². The summed E-state index contributed by atoms with van der Waals surface area (Å²) in [5, 5.41) is 0. The summed E-state index contributed by atoms with van der Waals surface area (Å²) in [6, 6.07) is -0.157. The zero-order valence-electron chi connectivity index (χ0n) is 7.33. The highest BCUT2D eigenvalue weighted by Gasteiger charge is 2.43. The van der Waals surface area contributed by atoms with E-state index in [4.69, 9.17) is 0 Å². The van der Waals surface area contributed by atoms with Crippen molar-refractivity contribution in [3.05, 3.63) is 0 Å². The van der Waals surface area contributed by atoms with Crippen LogP contribution >= 0.6 is 27.9 Å². The second kappa shape index (κ2) is 3.55. The van der Waals surface area contributed by atoms with Gasteiger partial charge in [-0.1, -0.05) is 0 Å². The van der Waals surface area contributed by atoms with Crippen LogP contribution in [0.1, 0.15) is 13.8 Å². The summed E-state index contributed by atoms with van der Waals surface area (Å²) >= 11 is 5.12. The van der Waals surface area contributed by atoms with Crippen molar-refractivity contribution in [2.75, 3.05) is 12.9 Å². The van der Waals surface area contributed by atoms with Crippen LogP contribution in [0.5, 0.6) is 0 Å². The lowest BCUT2D eigenvalue weighted by molar-refractivity contribution is -0.144. The molecule has 0 aliphatic carbocycles. The maximum Gasteiger partial charge on any atom is 0.324 e. The molecule has 0 aromatic rings. The third kappa shape index (κ3) is 1.78. The standard InChI is InChI=1S/C7H12BrNO2S/c1-7(2)9(8)5(4-12-7)6(10)11-3/h5H,4H2,1-3H3. The van der Waals surface area contributed by atoms with Crippen molar-refractivity contribution >= 4 is 33.9 Å². The molecule has 5 heteroatoms. The van der Waals surface area contributed by atoms with Crippen LogP contribution in [0, 0.1) is 0 Å². The average Bonchev–Trinajstić information content (AvgIpc) is 2.27. The normalized spacial score (nSPS) is 28.8. The van der Waals surface area contributed by atoms with Crippen LogP contribution in [0.3, 0.4) is 0 Å². The van der Waals surface area contributed by atoms with E-state index in [9.17, 15) is 4.79 Å². The number of thioether (sulfide) groups is 1.